The zero-order chi connectivity index (χ0) is 20.0. The van der Waals surface area contributed by atoms with Gasteiger partial charge in [0.1, 0.15) is 17.7 Å². The first kappa shape index (κ1) is 18.4. The maximum absolute atomic E-state index is 13.3. The first-order chi connectivity index (χ1) is 13.4. The van der Waals surface area contributed by atoms with E-state index in [2.05, 4.69) is 0 Å². The van der Waals surface area contributed by atoms with Crippen LogP contribution in [-0.4, -0.2) is 36.4 Å². The minimum Gasteiger partial charge on any atom is -0.343 e. The second-order valence-corrected chi connectivity index (χ2v) is 7.24. The Labute approximate surface area is 163 Å². The molecule has 2 aliphatic heterocycles. The van der Waals surface area contributed by atoms with Crippen LogP contribution in [0.15, 0.2) is 36.4 Å². The van der Waals surface area contributed by atoms with E-state index in [1.54, 1.807) is 35.0 Å². The van der Waals surface area contributed by atoms with E-state index in [0.29, 0.717) is 31.0 Å². The smallest absolute Gasteiger partial charge is 0.249 e. The van der Waals surface area contributed by atoms with Crippen LogP contribution in [0.5, 0.6) is 0 Å². The summed E-state index contributed by atoms with van der Waals surface area (Å²) in [5.41, 5.74) is 1.62. The fraction of sp³-hybridized carbons (Fsp3) is 0.381. The molecule has 0 aliphatic carbocycles. The van der Waals surface area contributed by atoms with E-state index in [-0.39, 0.29) is 29.7 Å². The van der Waals surface area contributed by atoms with Crippen LogP contribution in [0.3, 0.4) is 0 Å². The molecule has 1 fully saturated rings. The quantitative estimate of drug-likeness (QED) is 0.818. The monoisotopic (exact) mass is 382 g/mol. The van der Waals surface area contributed by atoms with Gasteiger partial charge < -0.3 is 9.80 Å². The van der Waals surface area contributed by atoms with Crippen LogP contribution >= 0.6 is 0 Å². The lowest BCUT2D eigenvalue weighted by Crippen LogP contribution is -2.51. The molecule has 2 aromatic rings. The van der Waals surface area contributed by atoms with E-state index in [9.17, 15) is 14.0 Å². The number of halogens is 1. The number of amides is 2. The summed E-state index contributed by atoms with van der Waals surface area (Å²) in [5, 5.41) is 0. The van der Waals surface area contributed by atoms with Gasteiger partial charge in [-0.05, 0) is 50.1 Å². The third-order valence-electron chi connectivity index (χ3n) is 5.68. The van der Waals surface area contributed by atoms with Crippen LogP contribution in [0.4, 0.5) is 21.7 Å². The van der Waals surface area contributed by atoms with Crippen molar-refractivity contribution in [3.05, 3.63) is 47.8 Å². The molecule has 0 radical (unpaired) electrons. The zero-order valence-corrected chi connectivity index (χ0v) is 16.2. The molecule has 0 spiro atoms. The van der Waals surface area contributed by atoms with Crippen molar-refractivity contribution in [3.63, 3.8) is 0 Å². The normalized spacial score (nSPS) is 22.1. The Morgan fingerprint density at radius 3 is 2.54 bits per heavy atom. The van der Waals surface area contributed by atoms with Gasteiger partial charge in [-0.15, -0.1) is 0 Å². The van der Waals surface area contributed by atoms with Crippen molar-refractivity contribution in [3.8, 4) is 0 Å². The van der Waals surface area contributed by atoms with E-state index in [4.69, 9.17) is 4.98 Å². The van der Waals surface area contributed by atoms with Crippen molar-refractivity contribution in [2.75, 3.05) is 28.3 Å². The zero-order valence-electron chi connectivity index (χ0n) is 16.2. The molecule has 0 bridgehead atoms. The molecule has 0 saturated carbocycles. The van der Waals surface area contributed by atoms with Crippen LogP contribution in [0, 0.1) is 5.82 Å². The molecule has 1 unspecified atom stereocenters. The van der Waals surface area contributed by atoms with Crippen LogP contribution < -0.4 is 14.7 Å². The average Bonchev–Trinajstić information content (AvgIpc) is 3.08. The van der Waals surface area contributed by atoms with Crippen molar-refractivity contribution in [2.24, 2.45) is 0 Å². The maximum Gasteiger partial charge on any atom is 0.249 e. The number of anilines is 3. The number of rotatable bonds is 3. The predicted molar refractivity (Wildman–Crippen MR) is 106 cm³/mol. The molecule has 4 rings (SSSR count). The predicted octanol–water partition coefficient (Wildman–Crippen LogP) is 3.28. The summed E-state index contributed by atoms with van der Waals surface area (Å²) in [6.07, 6.45) is 1.09. The van der Waals surface area contributed by atoms with Crippen LogP contribution in [0.1, 0.15) is 38.3 Å². The van der Waals surface area contributed by atoms with Gasteiger partial charge in [0.25, 0.3) is 0 Å². The number of aromatic nitrogens is 1. The molecule has 2 aliphatic rings. The highest BCUT2D eigenvalue weighted by Crippen LogP contribution is 2.40. The average molecular weight is 382 g/mol. The Morgan fingerprint density at radius 1 is 1.14 bits per heavy atom. The first-order valence-electron chi connectivity index (χ1n) is 9.55. The minimum absolute atomic E-state index is 0.00175. The van der Waals surface area contributed by atoms with Gasteiger partial charge in [0.2, 0.25) is 11.8 Å². The number of hydrogen-bond donors (Lipinski definition) is 0. The highest BCUT2D eigenvalue weighted by molar-refractivity contribution is 6.04. The lowest BCUT2D eigenvalue weighted by molar-refractivity contribution is -0.119. The van der Waals surface area contributed by atoms with E-state index < -0.39 is 0 Å². The summed E-state index contributed by atoms with van der Waals surface area (Å²) in [6, 6.07) is 9.41. The van der Waals surface area contributed by atoms with Crippen molar-refractivity contribution < 1.29 is 14.0 Å². The van der Waals surface area contributed by atoms with Gasteiger partial charge in [-0.1, -0.05) is 12.1 Å². The van der Waals surface area contributed by atoms with Crippen LogP contribution in [0.2, 0.25) is 0 Å². The highest BCUT2D eigenvalue weighted by Gasteiger charge is 2.37. The van der Waals surface area contributed by atoms with Gasteiger partial charge in [-0.25, -0.2) is 9.37 Å². The second-order valence-electron chi connectivity index (χ2n) is 7.24. The molecular formula is C21H23FN4O2. The number of carbonyl (C=O) groups is 2. The number of fused-ring (bicyclic) bond motifs is 1. The molecule has 146 valence electrons. The van der Waals surface area contributed by atoms with Crippen molar-refractivity contribution >= 4 is 29.1 Å². The summed E-state index contributed by atoms with van der Waals surface area (Å²) in [6.45, 7) is 4.48. The maximum atomic E-state index is 13.3. The topological polar surface area (TPSA) is 56.8 Å². The van der Waals surface area contributed by atoms with E-state index in [1.165, 1.54) is 12.1 Å². The van der Waals surface area contributed by atoms with E-state index in [1.807, 2.05) is 24.8 Å². The number of nitrogens with zero attached hydrogens (tertiary/aromatic N) is 4. The van der Waals surface area contributed by atoms with Crippen molar-refractivity contribution in [2.45, 2.75) is 38.8 Å². The lowest BCUT2D eigenvalue weighted by atomic mass is 10.0. The summed E-state index contributed by atoms with van der Waals surface area (Å²) in [5.74, 6) is 0.978. The first-order valence-corrected chi connectivity index (χ1v) is 9.55. The molecule has 2 amide bonds. The lowest BCUT2D eigenvalue weighted by Gasteiger charge is -2.39. The third kappa shape index (κ3) is 2.82. The van der Waals surface area contributed by atoms with Gasteiger partial charge in [0, 0.05) is 20.0 Å². The fourth-order valence-corrected chi connectivity index (χ4v) is 4.15. The van der Waals surface area contributed by atoms with Crippen LogP contribution in [-0.2, 0) is 9.59 Å². The molecule has 1 saturated heterocycles. The summed E-state index contributed by atoms with van der Waals surface area (Å²) in [4.78, 5) is 35.2. The van der Waals surface area contributed by atoms with Gasteiger partial charge in [-0.2, -0.15) is 0 Å². The molecule has 0 N–H and O–H groups in total. The molecular weight excluding hydrogens is 359 g/mol. The largest absolute Gasteiger partial charge is 0.343 e. The standard InChI is InChI=1S/C21H23FN4O2/c1-4-25-13(2)21(28)24(3)17-9-11-18(23-20(17)25)26-16(10-12-19(26)27)14-5-7-15(22)8-6-14/h5-9,11,13,16H,4,10,12H2,1-3H3/t13-,16?/m1/s1. The van der Waals surface area contributed by atoms with Gasteiger partial charge >= 0.3 is 0 Å². The summed E-state index contributed by atoms with van der Waals surface area (Å²) in [7, 11) is 1.74. The molecule has 6 nitrogen and oxygen atoms in total. The number of benzene rings is 1. The number of carbonyl (C=O) groups excluding carboxylic acids is 2. The summed E-state index contributed by atoms with van der Waals surface area (Å²) >= 11 is 0. The molecule has 1 aromatic heterocycles. The Balaban J connectivity index is 1.76. The second kappa shape index (κ2) is 6.89. The fourth-order valence-electron chi connectivity index (χ4n) is 4.15. The Hall–Kier alpha value is -2.96. The number of hydrogen-bond acceptors (Lipinski definition) is 4. The van der Waals surface area contributed by atoms with Gasteiger partial charge in [-0.3, -0.25) is 14.5 Å². The Morgan fingerprint density at radius 2 is 1.86 bits per heavy atom. The number of pyridine rings is 1. The van der Waals surface area contributed by atoms with Crippen molar-refractivity contribution in [1.82, 2.24) is 4.98 Å². The SMILES string of the molecule is CCN1c2nc(N3C(=O)CCC3c3ccc(F)cc3)ccc2N(C)C(=O)[C@H]1C. The van der Waals surface area contributed by atoms with Crippen LogP contribution in [0.25, 0.3) is 0 Å². The molecule has 3 heterocycles. The third-order valence-corrected chi connectivity index (χ3v) is 5.68. The Kier molecular flexibility index (Phi) is 4.53. The number of likely N-dealkylation sites (N-methyl/N-ethyl adjacent to an activating group) is 2. The van der Waals surface area contributed by atoms with Gasteiger partial charge in [0.05, 0.1) is 11.7 Å². The molecule has 28 heavy (non-hydrogen) atoms. The molecule has 7 heteroatoms. The Bertz CT molecular complexity index is 931. The molecule has 1 aromatic carbocycles. The minimum atomic E-state index is -0.313. The van der Waals surface area contributed by atoms with Gasteiger partial charge in [0.15, 0.2) is 5.82 Å². The van der Waals surface area contributed by atoms with E-state index >= 15 is 0 Å². The van der Waals surface area contributed by atoms with Crippen molar-refractivity contribution in [1.29, 1.82) is 0 Å². The molecule has 2 atom stereocenters. The van der Waals surface area contributed by atoms with E-state index in [0.717, 1.165) is 11.3 Å². The highest BCUT2D eigenvalue weighted by atomic mass is 19.1. The summed E-state index contributed by atoms with van der Waals surface area (Å²) < 4.78 is 13.3.